The SMILES string of the molecule is CCOC(=O)C1=C(C)N=c2sc(=Cc3ccc(OC(C)=O)cc3OC(C)=O)c(=O)n2[C@@H]1c1ccc(OC)cc1. The number of esters is 3. The van der Waals surface area contributed by atoms with E-state index in [4.69, 9.17) is 18.9 Å². The second-order valence-electron chi connectivity index (χ2n) is 8.46. The highest BCUT2D eigenvalue weighted by Gasteiger charge is 2.33. The van der Waals surface area contributed by atoms with Gasteiger partial charge in [-0.3, -0.25) is 19.0 Å². The number of fused-ring (bicyclic) bond motifs is 1. The van der Waals surface area contributed by atoms with Crippen molar-refractivity contribution >= 4 is 35.3 Å². The molecule has 0 saturated heterocycles. The molecule has 2 heterocycles. The Labute approximate surface area is 227 Å². The second kappa shape index (κ2) is 11.5. The van der Waals surface area contributed by atoms with Gasteiger partial charge in [0.15, 0.2) is 4.80 Å². The number of ether oxygens (including phenoxy) is 4. The molecule has 3 aromatic rings. The molecular formula is C28H26N2O8S. The number of rotatable bonds is 7. The molecule has 0 bridgehead atoms. The van der Waals surface area contributed by atoms with Crippen molar-refractivity contribution in [1.82, 2.24) is 4.57 Å². The third kappa shape index (κ3) is 5.83. The topological polar surface area (TPSA) is 122 Å². The van der Waals surface area contributed by atoms with Gasteiger partial charge in [-0.25, -0.2) is 9.79 Å². The van der Waals surface area contributed by atoms with E-state index in [1.165, 1.54) is 30.5 Å². The van der Waals surface area contributed by atoms with Gasteiger partial charge in [-0.1, -0.05) is 23.5 Å². The van der Waals surface area contributed by atoms with E-state index < -0.39 is 29.5 Å². The first-order chi connectivity index (χ1) is 18.6. The summed E-state index contributed by atoms with van der Waals surface area (Å²) in [4.78, 5) is 54.9. The lowest BCUT2D eigenvalue weighted by Gasteiger charge is -2.24. The number of carbonyl (C=O) groups excluding carboxylic acids is 3. The van der Waals surface area contributed by atoms with Crippen LogP contribution < -0.4 is 29.1 Å². The molecule has 0 spiro atoms. The smallest absolute Gasteiger partial charge is 0.338 e. The zero-order valence-electron chi connectivity index (χ0n) is 22.0. The van der Waals surface area contributed by atoms with Crippen LogP contribution >= 0.6 is 11.3 Å². The molecule has 1 aliphatic rings. The first-order valence-corrected chi connectivity index (χ1v) is 12.8. The van der Waals surface area contributed by atoms with Crippen molar-refractivity contribution in [1.29, 1.82) is 0 Å². The van der Waals surface area contributed by atoms with Gasteiger partial charge in [0.05, 0.1) is 35.6 Å². The van der Waals surface area contributed by atoms with Gasteiger partial charge in [-0.2, -0.15) is 0 Å². The zero-order chi connectivity index (χ0) is 28.3. The number of nitrogens with zero attached hydrogens (tertiary/aromatic N) is 2. The van der Waals surface area contributed by atoms with E-state index in [2.05, 4.69) is 4.99 Å². The minimum Gasteiger partial charge on any atom is -0.497 e. The Hall–Kier alpha value is -4.51. The van der Waals surface area contributed by atoms with Crippen molar-refractivity contribution in [2.45, 2.75) is 33.7 Å². The van der Waals surface area contributed by atoms with Crippen molar-refractivity contribution in [2.75, 3.05) is 13.7 Å². The van der Waals surface area contributed by atoms with Gasteiger partial charge in [-0.05, 0) is 49.8 Å². The maximum atomic E-state index is 13.8. The highest BCUT2D eigenvalue weighted by molar-refractivity contribution is 7.07. The summed E-state index contributed by atoms with van der Waals surface area (Å²) in [6, 6.07) is 10.8. The number of allylic oxidation sites excluding steroid dienone is 1. The third-order valence-electron chi connectivity index (χ3n) is 5.74. The lowest BCUT2D eigenvalue weighted by atomic mass is 9.96. The molecule has 0 saturated carbocycles. The first-order valence-electron chi connectivity index (χ1n) is 12.0. The summed E-state index contributed by atoms with van der Waals surface area (Å²) in [5, 5.41) is 0. The van der Waals surface area contributed by atoms with Gasteiger partial charge in [0.25, 0.3) is 5.56 Å². The molecule has 1 aliphatic heterocycles. The minimum atomic E-state index is -0.785. The van der Waals surface area contributed by atoms with E-state index in [-0.39, 0.29) is 23.7 Å². The predicted octanol–water partition coefficient (Wildman–Crippen LogP) is 2.66. The Morgan fingerprint density at radius 2 is 1.69 bits per heavy atom. The van der Waals surface area contributed by atoms with E-state index in [0.29, 0.717) is 31.9 Å². The average molecular weight is 551 g/mol. The molecule has 0 N–H and O–H groups in total. The summed E-state index contributed by atoms with van der Waals surface area (Å²) < 4.78 is 22.7. The molecule has 0 unspecified atom stereocenters. The van der Waals surface area contributed by atoms with Crippen LogP contribution in [0.15, 0.2) is 63.5 Å². The molecule has 0 aliphatic carbocycles. The lowest BCUT2D eigenvalue weighted by Crippen LogP contribution is -2.39. The Balaban J connectivity index is 1.91. The fourth-order valence-corrected chi connectivity index (χ4v) is 5.18. The molecule has 4 rings (SSSR count). The summed E-state index contributed by atoms with van der Waals surface area (Å²) >= 11 is 1.13. The molecule has 0 fully saturated rings. The monoisotopic (exact) mass is 550 g/mol. The molecule has 0 amide bonds. The average Bonchev–Trinajstić information content (AvgIpc) is 3.18. The van der Waals surface area contributed by atoms with Gasteiger partial charge in [0.2, 0.25) is 0 Å². The Kier molecular flexibility index (Phi) is 8.10. The molecule has 1 atom stereocenters. The highest BCUT2D eigenvalue weighted by atomic mass is 32.1. The predicted molar refractivity (Wildman–Crippen MR) is 142 cm³/mol. The van der Waals surface area contributed by atoms with Crippen LogP contribution in [0.4, 0.5) is 0 Å². The Bertz CT molecular complexity index is 1660. The maximum absolute atomic E-state index is 13.8. The van der Waals surface area contributed by atoms with Crippen LogP contribution in [0, 0.1) is 0 Å². The quantitative estimate of drug-likeness (QED) is 0.325. The number of benzene rings is 2. The highest BCUT2D eigenvalue weighted by Crippen LogP contribution is 2.32. The molecule has 202 valence electrons. The van der Waals surface area contributed by atoms with Crippen LogP contribution in [-0.4, -0.2) is 36.2 Å². The minimum absolute atomic E-state index is 0.113. The molecular weight excluding hydrogens is 524 g/mol. The summed E-state index contributed by atoms with van der Waals surface area (Å²) in [5.41, 5.74) is 1.38. The van der Waals surface area contributed by atoms with Crippen LogP contribution in [0.2, 0.25) is 0 Å². The number of hydrogen-bond acceptors (Lipinski definition) is 10. The molecule has 2 aromatic carbocycles. The zero-order valence-corrected chi connectivity index (χ0v) is 22.8. The number of methoxy groups -OCH3 is 1. The van der Waals surface area contributed by atoms with Crippen molar-refractivity contribution in [3.8, 4) is 17.2 Å². The van der Waals surface area contributed by atoms with Crippen molar-refractivity contribution < 1.29 is 33.3 Å². The fraction of sp³-hybridized carbons (Fsp3) is 0.250. The van der Waals surface area contributed by atoms with Gasteiger partial charge in [0.1, 0.15) is 17.2 Å². The number of thiazole rings is 1. The lowest BCUT2D eigenvalue weighted by molar-refractivity contribution is -0.139. The van der Waals surface area contributed by atoms with Crippen molar-refractivity contribution in [2.24, 2.45) is 4.99 Å². The summed E-state index contributed by atoms with van der Waals surface area (Å²) in [5.74, 6) is -0.753. The van der Waals surface area contributed by atoms with E-state index in [1.807, 2.05) is 0 Å². The first kappa shape index (κ1) is 27.5. The number of hydrogen-bond donors (Lipinski definition) is 0. The number of carbonyl (C=O) groups is 3. The molecule has 11 heteroatoms. The third-order valence-corrected chi connectivity index (χ3v) is 6.72. The molecule has 0 radical (unpaired) electrons. The van der Waals surface area contributed by atoms with Crippen LogP contribution in [0.3, 0.4) is 0 Å². The standard InChI is InChI=1S/C28H26N2O8S/c1-6-36-27(34)24-15(2)29-28-30(25(24)18-7-10-20(35-5)11-8-18)26(33)23(39-28)13-19-9-12-21(37-16(3)31)14-22(19)38-17(4)32/h7-14,25H,6H2,1-5H3/t25-/m1/s1. The summed E-state index contributed by atoms with van der Waals surface area (Å²) in [6.45, 7) is 6.07. The molecule has 10 nitrogen and oxygen atoms in total. The van der Waals surface area contributed by atoms with Crippen LogP contribution in [0.25, 0.3) is 6.08 Å². The summed E-state index contributed by atoms with van der Waals surface area (Å²) in [6.07, 6.45) is 1.56. The number of aromatic nitrogens is 1. The largest absolute Gasteiger partial charge is 0.497 e. The summed E-state index contributed by atoms with van der Waals surface area (Å²) in [7, 11) is 1.55. The van der Waals surface area contributed by atoms with E-state index in [1.54, 1.807) is 57.4 Å². The van der Waals surface area contributed by atoms with Crippen molar-refractivity contribution in [3.63, 3.8) is 0 Å². The van der Waals surface area contributed by atoms with E-state index >= 15 is 0 Å². The van der Waals surface area contributed by atoms with E-state index in [0.717, 1.165) is 11.3 Å². The van der Waals surface area contributed by atoms with Gasteiger partial charge < -0.3 is 18.9 Å². The fourth-order valence-electron chi connectivity index (χ4n) is 4.14. The van der Waals surface area contributed by atoms with Gasteiger partial charge in [0, 0.05) is 25.5 Å². The van der Waals surface area contributed by atoms with Crippen LogP contribution in [0.1, 0.15) is 44.9 Å². The molecule has 39 heavy (non-hydrogen) atoms. The van der Waals surface area contributed by atoms with Gasteiger partial charge in [-0.15, -0.1) is 0 Å². The maximum Gasteiger partial charge on any atom is 0.338 e. The Morgan fingerprint density at radius 1 is 1.03 bits per heavy atom. The normalized spacial score (nSPS) is 14.8. The van der Waals surface area contributed by atoms with E-state index in [9.17, 15) is 19.2 Å². The van der Waals surface area contributed by atoms with Crippen LogP contribution in [0.5, 0.6) is 17.2 Å². The second-order valence-corrected chi connectivity index (χ2v) is 9.47. The molecule has 1 aromatic heterocycles. The Morgan fingerprint density at radius 3 is 2.31 bits per heavy atom. The van der Waals surface area contributed by atoms with Gasteiger partial charge >= 0.3 is 17.9 Å². The van der Waals surface area contributed by atoms with Crippen LogP contribution in [-0.2, 0) is 19.1 Å². The van der Waals surface area contributed by atoms with Crippen molar-refractivity contribution in [3.05, 3.63) is 84.5 Å².